The van der Waals surface area contributed by atoms with Crippen LogP contribution in [0.15, 0.2) is 78.4 Å². The molecule has 2 saturated heterocycles. The second-order valence-electron chi connectivity index (χ2n) is 14.6. The van der Waals surface area contributed by atoms with E-state index in [1.807, 2.05) is 31.2 Å². The Kier molecular flexibility index (Phi) is 7.77. The summed E-state index contributed by atoms with van der Waals surface area (Å²) >= 11 is 20.8. The van der Waals surface area contributed by atoms with Gasteiger partial charge in [-0.25, -0.2) is 4.90 Å². The predicted molar refractivity (Wildman–Crippen MR) is 205 cm³/mol. The van der Waals surface area contributed by atoms with E-state index < -0.39 is 46.8 Å². The molecule has 0 radical (unpaired) electrons. The van der Waals surface area contributed by atoms with Crippen LogP contribution in [0.25, 0.3) is 20.7 Å². The third-order valence-corrected chi connectivity index (χ3v) is 14.0. The van der Waals surface area contributed by atoms with E-state index >= 15 is 4.79 Å². The van der Waals surface area contributed by atoms with Gasteiger partial charge in [0.25, 0.3) is 0 Å². The largest absolute Gasteiger partial charge is 0.508 e. The molecule has 0 bridgehead atoms. The molecular formula is C40H31Cl3N4O5S. The molecule has 3 aromatic carbocycles. The summed E-state index contributed by atoms with van der Waals surface area (Å²) in [6, 6.07) is 18.7. The molecule has 5 aromatic rings. The van der Waals surface area contributed by atoms with Gasteiger partial charge < -0.3 is 5.11 Å². The van der Waals surface area contributed by atoms with Crippen LogP contribution in [0.3, 0.4) is 0 Å². The number of halogens is 3. The van der Waals surface area contributed by atoms with Gasteiger partial charge >= 0.3 is 0 Å². The molecule has 4 aliphatic rings. The molecule has 1 N–H and O–H groups in total. The quantitative estimate of drug-likeness (QED) is 0.144. The standard InChI is InChI=1S/C40H31Cl3N4O5S/c1-18-26-14-20(42)6-13-31(26)53-35(18)30-17-32(45(3)44-30)47-37(50)28-16-27-23(34(40(28,2)39(47)52)24-10-9-22(48)15-29(24)43)11-12-25-33(27)38(51)46(36(25)49)21-7-4-19(41)5-8-21/h4-11,13-15,17,25,27-28,33-34,48H,12,16H2,1-3H3. The zero-order chi connectivity index (χ0) is 37.2. The lowest BCUT2D eigenvalue weighted by Crippen LogP contribution is -2.49. The van der Waals surface area contributed by atoms with Crippen molar-refractivity contribution in [2.45, 2.75) is 32.6 Å². The minimum absolute atomic E-state index is 0.0441. The highest BCUT2D eigenvalue weighted by atomic mass is 35.5. The Morgan fingerprint density at radius 3 is 2.34 bits per heavy atom. The molecule has 3 fully saturated rings. The highest BCUT2D eigenvalue weighted by Crippen LogP contribution is 2.64. The van der Waals surface area contributed by atoms with Gasteiger partial charge in [-0.15, -0.1) is 11.3 Å². The van der Waals surface area contributed by atoms with Crippen molar-refractivity contribution in [2.75, 3.05) is 9.80 Å². The summed E-state index contributed by atoms with van der Waals surface area (Å²) in [6.07, 6.45) is 2.44. The van der Waals surface area contributed by atoms with Gasteiger partial charge in [-0.2, -0.15) is 5.10 Å². The summed E-state index contributed by atoms with van der Waals surface area (Å²) in [5.41, 5.74) is 2.08. The maximum absolute atomic E-state index is 15.1. The number of allylic oxidation sites excluding steroid dienone is 2. The number of carbonyl (C=O) groups excluding carboxylic acids is 4. The fraction of sp³-hybridized carbons (Fsp3) is 0.275. The number of aryl methyl sites for hydroxylation is 2. The molecule has 4 amide bonds. The van der Waals surface area contributed by atoms with Crippen molar-refractivity contribution in [3.8, 4) is 16.3 Å². The Morgan fingerprint density at radius 2 is 1.60 bits per heavy atom. The van der Waals surface area contributed by atoms with Crippen molar-refractivity contribution in [3.05, 3.63) is 105 Å². The van der Waals surface area contributed by atoms with Gasteiger partial charge in [0, 0.05) is 38.8 Å². The first kappa shape index (κ1) is 34.3. The van der Waals surface area contributed by atoms with E-state index in [0.29, 0.717) is 32.8 Å². The average Bonchev–Trinajstić information content (AvgIpc) is 3.79. The summed E-state index contributed by atoms with van der Waals surface area (Å²) < 4.78 is 2.59. The van der Waals surface area contributed by atoms with Gasteiger partial charge in [0.15, 0.2) is 0 Å². The van der Waals surface area contributed by atoms with E-state index in [-0.39, 0.29) is 35.4 Å². The van der Waals surface area contributed by atoms with Gasteiger partial charge in [-0.05, 0) is 104 Å². The number of phenols is 1. The molecule has 53 heavy (non-hydrogen) atoms. The molecule has 2 aliphatic heterocycles. The number of hydrogen-bond donors (Lipinski definition) is 1. The van der Waals surface area contributed by atoms with E-state index in [1.54, 1.807) is 66.4 Å². The fourth-order valence-electron chi connectivity index (χ4n) is 9.39. The number of fused-ring (bicyclic) bond motifs is 5. The van der Waals surface area contributed by atoms with Crippen molar-refractivity contribution in [1.29, 1.82) is 0 Å². The number of imide groups is 2. The molecule has 1 saturated carbocycles. The van der Waals surface area contributed by atoms with E-state index in [4.69, 9.17) is 39.9 Å². The maximum atomic E-state index is 15.1. The van der Waals surface area contributed by atoms with Gasteiger partial charge in [-0.1, -0.05) is 52.5 Å². The van der Waals surface area contributed by atoms with Crippen molar-refractivity contribution in [3.63, 3.8) is 0 Å². The number of rotatable bonds is 4. The van der Waals surface area contributed by atoms with Crippen LogP contribution in [0.1, 0.15) is 36.8 Å². The Balaban J connectivity index is 1.16. The second-order valence-corrected chi connectivity index (χ2v) is 16.9. The number of hydrogen-bond acceptors (Lipinski definition) is 7. The number of aromatic hydroxyl groups is 1. The van der Waals surface area contributed by atoms with Gasteiger partial charge in [-0.3, -0.25) is 28.8 Å². The molecule has 0 spiro atoms. The molecule has 9 rings (SSSR count). The van der Waals surface area contributed by atoms with Crippen LogP contribution in [0.5, 0.6) is 5.75 Å². The van der Waals surface area contributed by atoms with Crippen LogP contribution in [0, 0.1) is 36.0 Å². The summed E-state index contributed by atoms with van der Waals surface area (Å²) in [5, 5.41) is 17.4. The molecule has 2 aliphatic carbocycles. The van der Waals surface area contributed by atoms with Crippen molar-refractivity contribution in [1.82, 2.24) is 9.78 Å². The van der Waals surface area contributed by atoms with Gasteiger partial charge in [0.1, 0.15) is 17.3 Å². The number of anilines is 2. The second kappa shape index (κ2) is 12.0. The third-order valence-electron chi connectivity index (χ3n) is 11.9. The van der Waals surface area contributed by atoms with Crippen LogP contribution in [0.4, 0.5) is 11.5 Å². The predicted octanol–water partition coefficient (Wildman–Crippen LogP) is 8.71. The average molecular weight is 786 g/mol. The van der Waals surface area contributed by atoms with Crippen LogP contribution in [0.2, 0.25) is 15.1 Å². The number of phenolic OH excluding ortho intramolecular Hbond substituents is 1. The monoisotopic (exact) mass is 784 g/mol. The molecule has 13 heteroatoms. The van der Waals surface area contributed by atoms with Crippen molar-refractivity contribution < 1.29 is 24.3 Å². The van der Waals surface area contributed by atoms with Crippen LogP contribution < -0.4 is 9.80 Å². The number of aromatic nitrogens is 2. The number of carbonyl (C=O) groups is 4. The van der Waals surface area contributed by atoms with Crippen LogP contribution in [-0.2, 0) is 26.2 Å². The molecule has 9 nitrogen and oxygen atoms in total. The number of thiophene rings is 1. The van der Waals surface area contributed by atoms with E-state index in [9.17, 15) is 19.5 Å². The Labute approximate surface area is 323 Å². The number of nitrogens with zero attached hydrogens (tertiary/aromatic N) is 4. The van der Waals surface area contributed by atoms with Gasteiger partial charge in [0.05, 0.1) is 33.7 Å². The van der Waals surface area contributed by atoms with Gasteiger partial charge in [0.2, 0.25) is 23.6 Å². The molecule has 2 aromatic heterocycles. The molecule has 4 heterocycles. The lowest BCUT2D eigenvalue weighted by atomic mass is 9.51. The van der Waals surface area contributed by atoms with E-state index in [2.05, 4.69) is 0 Å². The summed E-state index contributed by atoms with van der Waals surface area (Å²) in [4.78, 5) is 61.5. The van der Waals surface area contributed by atoms with Crippen LogP contribution >= 0.6 is 46.1 Å². The molecule has 6 atom stereocenters. The highest BCUT2D eigenvalue weighted by molar-refractivity contribution is 7.22. The summed E-state index contributed by atoms with van der Waals surface area (Å²) in [7, 11) is 1.71. The third kappa shape index (κ3) is 4.85. The Morgan fingerprint density at radius 1 is 0.868 bits per heavy atom. The van der Waals surface area contributed by atoms with E-state index in [1.165, 1.54) is 21.9 Å². The highest BCUT2D eigenvalue weighted by Gasteiger charge is 2.68. The Bertz CT molecular complexity index is 2490. The first-order valence-corrected chi connectivity index (χ1v) is 19.2. The Hall–Kier alpha value is -4.48. The van der Waals surface area contributed by atoms with Crippen molar-refractivity contribution in [2.24, 2.45) is 36.1 Å². The summed E-state index contributed by atoms with van der Waals surface area (Å²) in [5.74, 6) is -4.66. The minimum Gasteiger partial charge on any atom is -0.508 e. The lowest BCUT2D eigenvalue weighted by molar-refractivity contribution is -0.131. The van der Waals surface area contributed by atoms with E-state index in [0.717, 1.165) is 26.1 Å². The molecular weight excluding hydrogens is 755 g/mol. The SMILES string of the molecule is Cc1c(-c2cc(N3C(=O)C4CC5C(=CCC6C(=O)N(c7ccc(Cl)cc7)C(=O)C65)C(c5ccc(O)cc5Cl)C4(C)C3=O)n(C)n2)sc2ccc(Cl)cc12. The fourth-order valence-corrected chi connectivity index (χ4v) is 11.1. The summed E-state index contributed by atoms with van der Waals surface area (Å²) in [6.45, 7) is 3.80. The lowest BCUT2D eigenvalue weighted by Gasteiger charge is -2.49. The number of benzene rings is 3. The first-order chi connectivity index (χ1) is 25.3. The normalized spacial score (nSPS) is 26.7. The van der Waals surface area contributed by atoms with Crippen molar-refractivity contribution >= 4 is 91.4 Å². The van der Waals surface area contributed by atoms with Crippen LogP contribution in [-0.4, -0.2) is 38.5 Å². The molecule has 268 valence electrons. The zero-order valence-corrected chi connectivity index (χ0v) is 31.7. The number of amides is 4. The maximum Gasteiger partial charge on any atom is 0.242 e. The zero-order valence-electron chi connectivity index (χ0n) is 28.6. The topological polar surface area (TPSA) is 113 Å². The molecule has 6 unspecified atom stereocenters. The first-order valence-electron chi connectivity index (χ1n) is 17.2. The minimum atomic E-state index is -1.32. The smallest absolute Gasteiger partial charge is 0.242 e.